The standard InChI is InChI=1S/C41H56N6O15S/c1-2-15-42-39(58)28-9-13-31(14-10-28)62-41(59)61-19-18-60-17-16-43-40(63)44-29-11-7-27(8-12-29)20-30(45(22-34(48)49)23-35(50)51)21-46(24-36(52)53)32-5-3-4-6-33(32)47(25-37(54)55)26-38(56)57/h7-14,30,32-33H,2-6,15-26H2,1H3,(H,42,58)(H,48,49)(H,50,51)(H,52,53)(H,54,55)(H,56,57)(H2,43,44,63)/t30-,32+,33+/m0/s1. The maximum Gasteiger partial charge on any atom is 0.513 e. The summed E-state index contributed by atoms with van der Waals surface area (Å²) in [5.41, 5.74) is 1.67. The number of thiocarbonyl (C=S) groups is 1. The number of amides is 1. The number of benzene rings is 2. The van der Waals surface area contributed by atoms with Crippen molar-refractivity contribution >= 4 is 64.9 Å². The van der Waals surface area contributed by atoms with Gasteiger partial charge in [-0.2, -0.15) is 0 Å². The van der Waals surface area contributed by atoms with Gasteiger partial charge in [0.15, 0.2) is 5.11 Å². The predicted octanol–water partition coefficient (Wildman–Crippen LogP) is 1.90. The minimum atomic E-state index is -1.30. The van der Waals surface area contributed by atoms with Crippen LogP contribution in [0.3, 0.4) is 0 Å². The lowest BCUT2D eigenvalue weighted by molar-refractivity contribution is -0.146. The van der Waals surface area contributed by atoms with Crippen LogP contribution in [-0.2, 0) is 39.9 Å². The predicted molar refractivity (Wildman–Crippen MR) is 229 cm³/mol. The normalized spacial score (nSPS) is 15.3. The average molecular weight is 905 g/mol. The molecule has 2 aromatic rings. The number of hydrogen-bond donors (Lipinski definition) is 8. The van der Waals surface area contributed by atoms with E-state index >= 15 is 0 Å². The van der Waals surface area contributed by atoms with E-state index in [0.717, 1.165) is 6.42 Å². The molecule has 0 spiro atoms. The molecule has 1 amide bonds. The maximum atomic E-state index is 12.2. The van der Waals surface area contributed by atoms with E-state index in [1.165, 1.54) is 34.1 Å². The number of ether oxygens (including phenoxy) is 3. The van der Waals surface area contributed by atoms with Crippen LogP contribution in [0, 0.1) is 0 Å². The number of rotatable bonds is 28. The van der Waals surface area contributed by atoms with E-state index in [2.05, 4.69) is 16.0 Å². The van der Waals surface area contributed by atoms with Crippen LogP contribution in [0.4, 0.5) is 10.5 Å². The van der Waals surface area contributed by atoms with Crippen LogP contribution in [0.5, 0.6) is 5.75 Å². The summed E-state index contributed by atoms with van der Waals surface area (Å²) >= 11 is 5.38. The molecule has 1 aliphatic rings. The molecule has 1 fully saturated rings. The molecule has 63 heavy (non-hydrogen) atoms. The summed E-state index contributed by atoms with van der Waals surface area (Å²) in [5.74, 6) is -6.35. The number of carboxylic acid groups (broad SMARTS) is 5. The Morgan fingerprint density at radius 1 is 0.698 bits per heavy atom. The summed E-state index contributed by atoms with van der Waals surface area (Å²) in [6.07, 6.45) is 2.06. The Balaban J connectivity index is 1.57. The summed E-state index contributed by atoms with van der Waals surface area (Å²) in [7, 11) is 0. The highest BCUT2D eigenvalue weighted by molar-refractivity contribution is 7.80. The fourth-order valence-electron chi connectivity index (χ4n) is 7.15. The molecule has 0 heterocycles. The first-order valence-electron chi connectivity index (χ1n) is 20.3. The smallest absolute Gasteiger partial charge is 0.480 e. The second-order valence-corrected chi connectivity index (χ2v) is 15.1. The molecule has 2 aromatic carbocycles. The second-order valence-electron chi connectivity index (χ2n) is 14.7. The summed E-state index contributed by atoms with van der Waals surface area (Å²) in [6, 6.07) is 10.7. The molecule has 0 unspecified atom stereocenters. The second kappa shape index (κ2) is 27.2. The van der Waals surface area contributed by atoms with Crippen molar-refractivity contribution in [3.63, 3.8) is 0 Å². The fraction of sp³-hybridized carbons (Fsp3) is 0.512. The number of nitrogens with one attached hydrogen (secondary N) is 3. The van der Waals surface area contributed by atoms with Crippen LogP contribution in [0.25, 0.3) is 0 Å². The average Bonchev–Trinajstić information content (AvgIpc) is 3.21. The van der Waals surface area contributed by atoms with E-state index in [0.29, 0.717) is 55.6 Å². The largest absolute Gasteiger partial charge is 0.513 e. The van der Waals surface area contributed by atoms with Crippen molar-refractivity contribution in [1.82, 2.24) is 25.3 Å². The Kier molecular flexibility index (Phi) is 22.2. The van der Waals surface area contributed by atoms with Crippen LogP contribution in [0.15, 0.2) is 48.5 Å². The van der Waals surface area contributed by atoms with E-state index in [9.17, 15) is 59.1 Å². The van der Waals surface area contributed by atoms with Gasteiger partial charge < -0.3 is 55.7 Å². The van der Waals surface area contributed by atoms with Crippen molar-refractivity contribution in [3.05, 3.63) is 59.7 Å². The van der Waals surface area contributed by atoms with E-state index < -0.39 is 86.9 Å². The highest BCUT2D eigenvalue weighted by Gasteiger charge is 2.38. The topological polar surface area (TPSA) is 294 Å². The van der Waals surface area contributed by atoms with Gasteiger partial charge in [0.1, 0.15) is 12.4 Å². The van der Waals surface area contributed by atoms with Gasteiger partial charge >= 0.3 is 36.0 Å². The van der Waals surface area contributed by atoms with E-state index in [1.807, 2.05) is 6.92 Å². The lowest BCUT2D eigenvalue weighted by atomic mass is 9.87. The molecule has 3 rings (SSSR count). The molecule has 0 radical (unpaired) electrons. The number of carbonyl (C=O) groups excluding carboxylic acids is 2. The molecule has 0 bridgehead atoms. The van der Waals surface area contributed by atoms with Gasteiger partial charge in [-0.15, -0.1) is 0 Å². The number of aliphatic carboxylic acids is 5. The van der Waals surface area contributed by atoms with Crippen molar-refractivity contribution in [2.24, 2.45) is 0 Å². The molecule has 0 saturated heterocycles. The van der Waals surface area contributed by atoms with Gasteiger partial charge in [-0.05, 0) is 79.9 Å². The van der Waals surface area contributed by atoms with Gasteiger partial charge in [0.25, 0.3) is 5.91 Å². The van der Waals surface area contributed by atoms with Gasteiger partial charge in [-0.1, -0.05) is 31.9 Å². The van der Waals surface area contributed by atoms with Crippen molar-refractivity contribution in [2.75, 3.05) is 77.5 Å². The third-order valence-corrected chi connectivity index (χ3v) is 10.0. The number of hydrogen-bond acceptors (Lipinski definition) is 14. The van der Waals surface area contributed by atoms with Gasteiger partial charge in [0.2, 0.25) is 0 Å². The monoisotopic (exact) mass is 904 g/mol. The Bertz CT molecular complexity index is 1820. The number of carbonyl (C=O) groups is 7. The molecule has 346 valence electrons. The summed E-state index contributed by atoms with van der Waals surface area (Å²) in [4.78, 5) is 87.7. The molecular weight excluding hydrogens is 849 g/mol. The fourth-order valence-corrected chi connectivity index (χ4v) is 7.37. The first-order valence-corrected chi connectivity index (χ1v) is 20.7. The van der Waals surface area contributed by atoms with Gasteiger partial charge in [0, 0.05) is 49.0 Å². The number of nitrogens with zero attached hydrogens (tertiary/aromatic N) is 3. The van der Waals surface area contributed by atoms with Gasteiger partial charge in [-0.3, -0.25) is 43.5 Å². The molecule has 0 aliphatic heterocycles. The zero-order chi connectivity index (χ0) is 46.3. The molecule has 8 N–H and O–H groups in total. The third kappa shape index (κ3) is 19.8. The van der Waals surface area contributed by atoms with Crippen LogP contribution >= 0.6 is 12.2 Å². The van der Waals surface area contributed by atoms with Crippen LogP contribution in [-0.4, -0.2) is 178 Å². The number of anilines is 1. The highest BCUT2D eigenvalue weighted by atomic mass is 32.1. The van der Waals surface area contributed by atoms with Gasteiger partial charge in [-0.25, -0.2) is 4.79 Å². The lowest BCUT2D eigenvalue weighted by Gasteiger charge is -2.45. The zero-order valence-corrected chi connectivity index (χ0v) is 35.8. The van der Waals surface area contributed by atoms with Gasteiger partial charge in [0.05, 0.1) is 45.9 Å². The van der Waals surface area contributed by atoms with Crippen molar-refractivity contribution in [1.29, 1.82) is 0 Å². The lowest BCUT2D eigenvalue weighted by Crippen LogP contribution is -2.59. The maximum absolute atomic E-state index is 12.2. The minimum Gasteiger partial charge on any atom is -0.480 e. The van der Waals surface area contributed by atoms with Crippen LogP contribution in [0.1, 0.15) is 54.9 Å². The highest BCUT2D eigenvalue weighted by Crippen LogP contribution is 2.29. The number of carboxylic acids is 5. The Morgan fingerprint density at radius 2 is 1.25 bits per heavy atom. The zero-order valence-electron chi connectivity index (χ0n) is 34.9. The molecule has 3 atom stereocenters. The van der Waals surface area contributed by atoms with Crippen molar-refractivity contribution in [2.45, 2.75) is 63.6 Å². The SMILES string of the molecule is CCCNC(=O)c1ccc(OC(=O)OCCOCCNC(=S)Nc2ccc(C[C@@H](CN(CC(=O)O)[C@@H]3CCCC[C@H]3N(CC(=O)O)CC(=O)O)N(CC(=O)O)CC(=O)O)cc2)cc1. The Labute approximate surface area is 369 Å². The van der Waals surface area contributed by atoms with Crippen LogP contribution < -0.4 is 20.7 Å². The van der Waals surface area contributed by atoms with Crippen LogP contribution in [0.2, 0.25) is 0 Å². The molecule has 21 nitrogen and oxygen atoms in total. The van der Waals surface area contributed by atoms with E-state index in [4.69, 9.17) is 26.4 Å². The summed E-state index contributed by atoms with van der Waals surface area (Å²) in [6.45, 7) is -0.176. The van der Waals surface area contributed by atoms with E-state index in [1.54, 1.807) is 29.2 Å². The quantitative estimate of drug-likeness (QED) is 0.0262. The van der Waals surface area contributed by atoms with Crippen molar-refractivity contribution < 1.29 is 73.3 Å². The molecule has 22 heteroatoms. The Morgan fingerprint density at radius 3 is 1.81 bits per heavy atom. The third-order valence-electron chi connectivity index (χ3n) is 9.80. The first-order chi connectivity index (χ1) is 30.0. The molecule has 1 aliphatic carbocycles. The Hall–Kier alpha value is -5.94. The van der Waals surface area contributed by atoms with Crippen molar-refractivity contribution in [3.8, 4) is 5.75 Å². The molecular formula is C41H56N6O15S. The van der Waals surface area contributed by atoms with E-state index in [-0.39, 0.29) is 49.6 Å². The molecule has 1 saturated carbocycles. The summed E-state index contributed by atoms with van der Waals surface area (Å²) < 4.78 is 15.6. The first kappa shape index (κ1) is 51.4. The summed E-state index contributed by atoms with van der Waals surface area (Å²) in [5, 5.41) is 57.6. The minimum absolute atomic E-state index is 0.0759. The molecule has 0 aromatic heterocycles.